The molecule has 0 saturated heterocycles. The first kappa shape index (κ1) is 23.6. The van der Waals surface area contributed by atoms with Crippen LogP contribution in [0.3, 0.4) is 0 Å². The lowest BCUT2D eigenvalue weighted by Crippen LogP contribution is -2.23. The van der Waals surface area contributed by atoms with Gasteiger partial charge in [0.25, 0.3) is 5.56 Å². The van der Waals surface area contributed by atoms with Crippen molar-refractivity contribution < 1.29 is 18.9 Å². The van der Waals surface area contributed by atoms with E-state index in [2.05, 4.69) is 17.0 Å². The standard InChI is InChI=1S/C25H27N3O5S/c1-5-6-7-12-33-18-10-8-17(9-11-18)23-26-25-28(27-23)24(29)21(34-25)15-16-13-19(30-2)22(32-4)20(14-16)31-3/h8-11,13-15H,5-7,12H2,1-4H3/b21-15-. The summed E-state index contributed by atoms with van der Waals surface area (Å²) in [5, 5.41) is 4.43. The van der Waals surface area contributed by atoms with E-state index in [1.165, 1.54) is 15.9 Å². The van der Waals surface area contributed by atoms with Gasteiger partial charge in [-0.1, -0.05) is 31.1 Å². The molecule has 0 N–H and O–H groups in total. The molecule has 178 valence electrons. The smallest absolute Gasteiger partial charge is 0.291 e. The average molecular weight is 482 g/mol. The summed E-state index contributed by atoms with van der Waals surface area (Å²) in [6.07, 6.45) is 5.12. The van der Waals surface area contributed by atoms with Crippen LogP contribution >= 0.6 is 11.3 Å². The van der Waals surface area contributed by atoms with Crippen LogP contribution in [0.2, 0.25) is 0 Å². The second-order valence-corrected chi connectivity index (χ2v) is 8.59. The Bertz CT molecular complexity index is 1350. The van der Waals surface area contributed by atoms with Crippen LogP contribution in [0.25, 0.3) is 22.4 Å². The molecule has 2 heterocycles. The second-order valence-electron chi connectivity index (χ2n) is 7.58. The summed E-state index contributed by atoms with van der Waals surface area (Å²) in [4.78, 5) is 18.1. The third-order valence-corrected chi connectivity index (χ3v) is 6.25. The Morgan fingerprint density at radius 3 is 2.29 bits per heavy atom. The Morgan fingerprint density at radius 2 is 1.71 bits per heavy atom. The summed E-state index contributed by atoms with van der Waals surface area (Å²) >= 11 is 1.27. The van der Waals surface area contributed by atoms with Crippen molar-refractivity contribution in [1.82, 2.24) is 14.6 Å². The zero-order chi connectivity index (χ0) is 24.1. The van der Waals surface area contributed by atoms with Crippen molar-refractivity contribution in [3.63, 3.8) is 0 Å². The highest BCUT2D eigenvalue weighted by atomic mass is 32.1. The molecule has 0 amide bonds. The third-order valence-electron chi connectivity index (χ3n) is 5.30. The van der Waals surface area contributed by atoms with E-state index in [9.17, 15) is 4.79 Å². The summed E-state index contributed by atoms with van der Waals surface area (Å²) in [6, 6.07) is 11.2. The molecular weight excluding hydrogens is 454 g/mol. The summed E-state index contributed by atoms with van der Waals surface area (Å²) in [7, 11) is 4.65. The molecule has 0 bridgehead atoms. The predicted octanol–water partition coefficient (Wildman–Crippen LogP) is 3.96. The first-order valence-electron chi connectivity index (χ1n) is 11.0. The third kappa shape index (κ3) is 4.84. The number of aromatic nitrogens is 3. The van der Waals surface area contributed by atoms with Gasteiger partial charge in [0.05, 0.1) is 32.5 Å². The van der Waals surface area contributed by atoms with Crippen LogP contribution in [0.1, 0.15) is 31.7 Å². The van der Waals surface area contributed by atoms with Crippen LogP contribution in [0.5, 0.6) is 23.0 Å². The number of ether oxygens (including phenoxy) is 4. The number of rotatable bonds is 10. The molecule has 9 heteroatoms. The molecule has 2 aromatic carbocycles. The largest absolute Gasteiger partial charge is 0.494 e. The lowest BCUT2D eigenvalue weighted by Gasteiger charge is -2.12. The van der Waals surface area contributed by atoms with E-state index in [1.54, 1.807) is 39.5 Å². The minimum Gasteiger partial charge on any atom is -0.494 e. The maximum Gasteiger partial charge on any atom is 0.291 e. The number of fused-ring (bicyclic) bond motifs is 1. The van der Waals surface area contributed by atoms with E-state index in [1.807, 2.05) is 24.3 Å². The van der Waals surface area contributed by atoms with Gasteiger partial charge in [0, 0.05) is 5.56 Å². The highest BCUT2D eigenvalue weighted by Crippen LogP contribution is 2.38. The molecule has 4 rings (SSSR count). The van der Waals surface area contributed by atoms with Gasteiger partial charge in [-0.3, -0.25) is 4.79 Å². The topological polar surface area (TPSA) is 84.2 Å². The normalized spacial score (nSPS) is 11.7. The Labute approximate surface area is 201 Å². The van der Waals surface area contributed by atoms with Crippen molar-refractivity contribution >= 4 is 22.4 Å². The minimum absolute atomic E-state index is 0.233. The monoisotopic (exact) mass is 481 g/mol. The van der Waals surface area contributed by atoms with Gasteiger partial charge in [0.1, 0.15) is 5.75 Å². The number of benzene rings is 2. The molecule has 0 aliphatic carbocycles. The van der Waals surface area contributed by atoms with E-state index in [4.69, 9.17) is 18.9 Å². The first-order chi connectivity index (χ1) is 16.6. The zero-order valence-corrected chi connectivity index (χ0v) is 20.5. The molecule has 0 atom stereocenters. The lowest BCUT2D eigenvalue weighted by atomic mass is 10.1. The van der Waals surface area contributed by atoms with Gasteiger partial charge >= 0.3 is 0 Å². The summed E-state index contributed by atoms with van der Waals surface area (Å²) in [5.74, 6) is 2.84. The quantitative estimate of drug-likeness (QED) is 0.317. The van der Waals surface area contributed by atoms with Crippen LogP contribution in [-0.2, 0) is 0 Å². The Kier molecular flexibility index (Phi) is 7.32. The molecule has 4 aromatic rings. The fraction of sp³-hybridized carbons (Fsp3) is 0.320. The number of nitrogens with zero attached hydrogens (tertiary/aromatic N) is 3. The summed E-state index contributed by atoms with van der Waals surface area (Å²) in [5.41, 5.74) is 1.33. The van der Waals surface area contributed by atoms with Gasteiger partial charge in [0.15, 0.2) is 17.3 Å². The molecule has 0 unspecified atom stereocenters. The number of hydrogen-bond acceptors (Lipinski definition) is 8. The fourth-order valence-electron chi connectivity index (χ4n) is 3.53. The zero-order valence-electron chi connectivity index (χ0n) is 19.7. The molecule has 34 heavy (non-hydrogen) atoms. The predicted molar refractivity (Wildman–Crippen MR) is 132 cm³/mol. The summed E-state index contributed by atoms with van der Waals surface area (Å²) in [6.45, 7) is 2.87. The summed E-state index contributed by atoms with van der Waals surface area (Å²) < 4.78 is 23.8. The molecule has 0 spiro atoms. The van der Waals surface area contributed by atoms with Crippen molar-refractivity contribution in [2.24, 2.45) is 0 Å². The van der Waals surface area contributed by atoms with Crippen molar-refractivity contribution in [2.45, 2.75) is 26.2 Å². The highest BCUT2D eigenvalue weighted by molar-refractivity contribution is 7.15. The molecular formula is C25H27N3O5S. The van der Waals surface area contributed by atoms with E-state index in [0.29, 0.717) is 39.2 Å². The van der Waals surface area contributed by atoms with Crippen LogP contribution in [0.15, 0.2) is 41.2 Å². The SMILES string of the molecule is CCCCCOc1ccc(-c2nc3s/c(=C\c4cc(OC)c(OC)c(OC)c4)c(=O)n3n2)cc1. The van der Waals surface area contributed by atoms with E-state index >= 15 is 0 Å². The highest BCUT2D eigenvalue weighted by Gasteiger charge is 2.15. The molecule has 2 aromatic heterocycles. The second kappa shape index (κ2) is 10.6. The van der Waals surface area contributed by atoms with Gasteiger partial charge in [-0.25, -0.2) is 0 Å². The van der Waals surface area contributed by atoms with Crippen molar-refractivity contribution in [3.8, 4) is 34.4 Å². The van der Waals surface area contributed by atoms with Crippen LogP contribution in [-0.4, -0.2) is 42.5 Å². The van der Waals surface area contributed by atoms with Gasteiger partial charge in [-0.05, 0) is 54.5 Å². The number of thiazole rings is 1. The van der Waals surface area contributed by atoms with Crippen LogP contribution in [0, 0.1) is 0 Å². The van der Waals surface area contributed by atoms with Gasteiger partial charge < -0.3 is 18.9 Å². The Balaban J connectivity index is 1.61. The van der Waals surface area contributed by atoms with E-state index in [0.717, 1.165) is 36.1 Å². The fourth-order valence-corrected chi connectivity index (χ4v) is 4.44. The lowest BCUT2D eigenvalue weighted by molar-refractivity contribution is 0.306. The van der Waals surface area contributed by atoms with Crippen molar-refractivity contribution in [3.05, 3.63) is 56.8 Å². The first-order valence-corrected chi connectivity index (χ1v) is 11.8. The molecule has 0 saturated carbocycles. The molecule has 0 aliphatic rings. The van der Waals surface area contributed by atoms with Crippen molar-refractivity contribution in [1.29, 1.82) is 0 Å². The molecule has 0 radical (unpaired) electrons. The Hall–Kier alpha value is -3.59. The van der Waals surface area contributed by atoms with E-state index < -0.39 is 0 Å². The minimum atomic E-state index is -0.233. The molecule has 8 nitrogen and oxygen atoms in total. The number of unbranched alkanes of at least 4 members (excludes halogenated alkanes) is 2. The number of methoxy groups -OCH3 is 3. The van der Waals surface area contributed by atoms with E-state index in [-0.39, 0.29) is 5.56 Å². The van der Waals surface area contributed by atoms with Crippen LogP contribution < -0.4 is 29.0 Å². The average Bonchev–Trinajstić information content (AvgIpc) is 3.40. The van der Waals surface area contributed by atoms with Crippen LogP contribution in [0.4, 0.5) is 0 Å². The molecule has 0 aliphatic heterocycles. The maximum absolute atomic E-state index is 13.0. The van der Waals surface area contributed by atoms with Gasteiger partial charge in [-0.2, -0.15) is 9.50 Å². The number of hydrogen-bond donors (Lipinski definition) is 0. The van der Waals surface area contributed by atoms with Gasteiger partial charge in [0.2, 0.25) is 10.7 Å². The Morgan fingerprint density at radius 1 is 1.00 bits per heavy atom. The molecule has 0 fully saturated rings. The van der Waals surface area contributed by atoms with Crippen molar-refractivity contribution in [2.75, 3.05) is 27.9 Å². The van der Waals surface area contributed by atoms with Gasteiger partial charge in [-0.15, -0.1) is 5.10 Å². The maximum atomic E-state index is 13.0.